The Morgan fingerprint density at radius 1 is 1.40 bits per heavy atom. The summed E-state index contributed by atoms with van der Waals surface area (Å²) in [6.07, 6.45) is -1.10. The van der Waals surface area contributed by atoms with E-state index in [1.165, 1.54) is 0 Å². The van der Waals surface area contributed by atoms with Gasteiger partial charge in [0.2, 0.25) is 0 Å². The van der Waals surface area contributed by atoms with Crippen LogP contribution in [0.3, 0.4) is 0 Å². The Morgan fingerprint density at radius 3 is 2.60 bits per heavy atom. The fourth-order valence-corrected chi connectivity index (χ4v) is 1.32. The van der Waals surface area contributed by atoms with Crippen LogP contribution in [0.5, 0.6) is 5.75 Å². The molecule has 0 aromatic heterocycles. The molecule has 0 amide bonds. The zero-order valence-corrected chi connectivity index (χ0v) is 9.19. The van der Waals surface area contributed by atoms with Crippen molar-refractivity contribution in [3.63, 3.8) is 0 Å². The summed E-state index contributed by atoms with van der Waals surface area (Å²) in [6.45, 7) is 5.30. The van der Waals surface area contributed by atoms with Gasteiger partial charge < -0.3 is 9.84 Å². The van der Waals surface area contributed by atoms with E-state index in [-0.39, 0.29) is 0 Å². The van der Waals surface area contributed by atoms with E-state index in [0.29, 0.717) is 5.75 Å². The zero-order chi connectivity index (χ0) is 11.4. The topological polar surface area (TPSA) is 53.2 Å². The average Bonchev–Trinajstić information content (AvgIpc) is 2.20. The Balaban J connectivity index is 3.02. The van der Waals surface area contributed by atoms with Crippen molar-refractivity contribution >= 4 is 0 Å². The van der Waals surface area contributed by atoms with Crippen LogP contribution >= 0.6 is 0 Å². The first-order chi connectivity index (χ1) is 7.04. The van der Waals surface area contributed by atoms with Crippen molar-refractivity contribution in [1.82, 2.24) is 0 Å². The van der Waals surface area contributed by atoms with Crippen LogP contribution in [0.4, 0.5) is 0 Å². The van der Waals surface area contributed by atoms with Crippen molar-refractivity contribution in [1.29, 1.82) is 5.26 Å². The van der Waals surface area contributed by atoms with Gasteiger partial charge in [0.25, 0.3) is 0 Å². The molecule has 15 heavy (non-hydrogen) atoms. The molecule has 0 aliphatic rings. The van der Waals surface area contributed by atoms with Crippen molar-refractivity contribution < 1.29 is 9.84 Å². The molecule has 3 heteroatoms. The molecule has 1 aromatic rings. The quantitative estimate of drug-likeness (QED) is 0.824. The Kier molecular flexibility index (Phi) is 3.70. The van der Waals surface area contributed by atoms with Gasteiger partial charge in [0.1, 0.15) is 11.8 Å². The Bertz CT molecular complexity index is 380. The number of nitriles is 1. The summed E-state index contributed by atoms with van der Waals surface area (Å²) in [5.41, 5.74) is 1.78. The third-order valence-corrected chi connectivity index (χ3v) is 2.10. The molecular formula is C12H15NO2. The molecule has 0 aliphatic heterocycles. The highest BCUT2D eigenvalue weighted by Gasteiger charge is 2.11. The van der Waals surface area contributed by atoms with Gasteiger partial charge in [-0.1, -0.05) is 11.6 Å². The Morgan fingerprint density at radius 2 is 2.07 bits per heavy atom. The van der Waals surface area contributed by atoms with Gasteiger partial charge in [0.05, 0.1) is 6.10 Å². The van der Waals surface area contributed by atoms with Crippen molar-refractivity contribution in [3.8, 4) is 11.8 Å². The molecule has 0 saturated heterocycles. The summed E-state index contributed by atoms with van der Waals surface area (Å²) in [6, 6.07) is 7.53. The van der Waals surface area contributed by atoms with Crippen LogP contribution in [0, 0.1) is 18.3 Å². The molecule has 0 spiro atoms. The molecule has 0 aliphatic carbocycles. The number of hydrogen-bond donors (Lipinski definition) is 1. The van der Waals surface area contributed by atoms with Gasteiger partial charge in [-0.3, -0.25) is 0 Å². The maximum atomic E-state index is 9.55. The van der Waals surface area contributed by atoms with Crippen LogP contribution in [0.25, 0.3) is 0 Å². The van der Waals surface area contributed by atoms with E-state index < -0.39 is 12.2 Å². The Labute approximate surface area is 89.9 Å². The third kappa shape index (κ3) is 2.97. The predicted octanol–water partition coefficient (Wildman–Crippen LogP) is 2.34. The minimum absolute atomic E-state index is 0.509. The first-order valence-corrected chi connectivity index (χ1v) is 4.89. The van der Waals surface area contributed by atoms with Crippen molar-refractivity contribution in [2.24, 2.45) is 0 Å². The van der Waals surface area contributed by atoms with Crippen LogP contribution in [0.2, 0.25) is 0 Å². The minimum Gasteiger partial charge on any atom is -0.475 e. The number of ether oxygens (including phenoxy) is 1. The summed E-state index contributed by atoms with van der Waals surface area (Å²) < 4.78 is 5.39. The van der Waals surface area contributed by atoms with Crippen LogP contribution in [0.1, 0.15) is 31.1 Å². The van der Waals surface area contributed by atoms with Crippen LogP contribution in [0.15, 0.2) is 18.2 Å². The molecule has 0 heterocycles. The fraction of sp³-hybridized carbons (Fsp3) is 0.417. The molecule has 0 radical (unpaired) electrons. The maximum Gasteiger partial charge on any atom is 0.181 e. The predicted molar refractivity (Wildman–Crippen MR) is 57.5 cm³/mol. The van der Waals surface area contributed by atoms with E-state index in [2.05, 4.69) is 0 Å². The number of benzene rings is 1. The second kappa shape index (κ2) is 4.81. The molecule has 1 aromatic carbocycles. The van der Waals surface area contributed by atoms with E-state index in [9.17, 15) is 5.11 Å². The largest absolute Gasteiger partial charge is 0.475 e. The highest BCUT2D eigenvalue weighted by atomic mass is 16.5. The van der Waals surface area contributed by atoms with E-state index in [1.54, 1.807) is 19.9 Å². The van der Waals surface area contributed by atoms with Gasteiger partial charge in [-0.25, -0.2) is 0 Å². The smallest absolute Gasteiger partial charge is 0.181 e. The van der Waals surface area contributed by atoms with Crippen molar-refractivity contribution in [2.75, 3.05) is 0 Å². The Hall–Kier alpha value is -1.53. The normalized spacial score (nSPS) is 14.1. The number of aryl methyl sites for hydroxylation is 1. The molecular weight excluding hydrogens is 190 g/mol. The molecule has 3 nitrogen and oxygen atoms in total. The first kappa shape index (κ1) is 11.5. The lowest BCUT2D eigenvalue weighted by molar-refractivity contribution is 0.187. The van der Waals surface area contributed by atoms with Gasteiger partial charge in [0.15, 0.2) is 6.10 Å². The SMILES string of the molecule is Cc1ccc(OC(C)C#N)c([C@H](C)O)c1. The molecule has 0 saturated carbocycles. The molecule has 2 atom stereocenters. The minimum atomic E-state index is -0.592. The van der Waals surface area contributed by atoms with E-state index in [1.807, 2.05) is 25.1 Å². The summed E-state index contributed by atoms with van der Waals surface area (Å²) in [7, 11) is 0. The number of aliphatic hydroxyl groups is 1. The number of hydrogen-bond acceptors (Lipinski definition) is 3. The highest BCUT2D eigenvalue weighted by Crippen LogP contribution is 2.26. The maximum absolute atomic E-state index is 9.55. The molecule has 1 unspecified atom stereocenters. The van der Waals surface area contributed by atoms with Gasteiger partial charge >= 0.3 is 0 Å². The summed E-state index contributed by atoms with van der Waals surface area (Å²) in [5, 5.41) is 18.2. The van der Waals surface area contributed by atoms with E-state index in [4.69, 9.17) is 10.00 Å². The number of nitrogens with zero attached hydrogens (tertiary/aromatic N) is 1. The van der Waals surface area contributed by atoms with Crippen LogP contribution < -0.4 is 4.74 Å². The standard InChI is InChI=1S/C12H15NO2/c1-8-4-5-12(15-9(2)7-13)11(6-8)10(3)14/h4-6,9-10,14H,1-3H3/t9?,10-/m0/s1. The molecule has 80 valence electrons. The van der Waals surface area contributed by atoms with Crippen molar-refractivity contribution in [2.45, 2.75) is 33.0 Å². The lowest BCUT2D eigenvalue weighted by Crippen LogP contribution is -2.10. The zero-order valence-electron chi connectivity index (χ0n) is 9.19. The lowest BCUT2D eigenvalue weighted by Gasteiger charge is -2.15. The monoisotopic (exact) mass is 205 g/mol. The fourth-order valence-electron chi connectivity index (χ4n) is 1.32. The van der Waals surface area contributed by atoms with Crippen LogP contribution in [-0.2, 0) is 0 Å². The van der Waals surface area contributed by atoms with Gasteiger partial charge in [-0.15, -0.1) is 0 Å². The molecule has 0 bridgehead atoms. The first-order valence-electron chi connectivity index (χ1n) is 4.89. The second-order valence-electron chi connectivity index (χ2n) is 3.61. The highest BCUT2D eigenvalue weighted by molar-refractivity contribution is 5.38. The van der Waals surface area contributed by atoms with Crippen molar-refractivity contribution in [3.05, 3.63) is 29.3 Å². The summed E-state index contributed by atoms with van der Waals surface area (Å²) in [4.78, 5) is 0. The average molecular weight is 205 g/mol. The second-order valence-corrected chi connectivity index (χ2v) is 3.61. The molecule has 1 rings (SSSR count). The lowest BCUT2D eigenvalue weighted by atomic mass is 10.1. The van der Waals surface area contributed by atoms with E-state index >= 15 is 0 Å². The van der Waals surface area contributed by atoms with Gasteiger partial charge in [0, 0.05) is 5.56 Å². The summed E-state index contributed by atoms with van der Waals surface area (Å²) >= 11 is 0. The van der Waals surface area contributed by atoms with Crippen LogP contribution in [-0.4, -0.2) is 11.2 Å². The summed E-state index contributed by atoms with van der Waals surface area (Å²) in [5.74, 6) is 0.574. The number of aliphatic hydroxyl groups excluding tert-OH is 1. The van der Waals surface area contributed by atoms with E-state index in [0.717, 1.165) is 11.1 Å². The van der Waals surface area contributed by atoms with Gasteiger partial charge in [-0.2, -0.15) is 5.26 Å². The van der Waals surface area contributed by atoms with Gasteiger partial charge in [-0.05, 0) is 32.9 Å². The number of rotatable bonds is 3. The molecule has 1 N–H and O–H groups in total. The third-order valence-electron chi connectivity index (χ3n) is 2.10. The molecule has 0 fully saturated rings.